The molecule has 0 spiro atoms. The minimum Gasteiger partial charge on any atom is -0.338 e. The van der Waals surface area contributed by atoms with E-state index in [0.29, 0.717) is 13.1 Å². The second-order valence-electron chi connectivity index (χ2n) is 7.61. The molecule has 0 radical (unpaired) electrons. The van der Waals surface area contributed by atoms with Crippen LogP contribution in [0.15, 0.2) is 24.3 Å². The number of imidazole rings is 1. The minimum atomic E-state index is -4.29. The molecule has 0 aliphatic carbocycles. The van der Waals surface area contributed by atoms with E-state index >= 15 is 0 Å². The molecular weight excluding hydrogens is 331 g/mol. The summed E-state index contributed by atoms with van der Waals surface area (Å²) in [5.74, 6) is 0.497. The topological polar surface area (TPSA) is 38.1 Å². The molecule has 1 aliphatic rings. The number of carbonyl (C=O) groups excluding carboxylic acids is 1. The van der Waals surface area contributed by atoms with Crippen molar-refractivity contribution in [3.63, 3.8) is 0 Å². The molecule has 4 nitrogen and oxygen atoms in total. The lowest BCUT2D eigenvalue weighted by Gasteiger charge is -2.42. The van der Waals surface area contributed by atoms with Gasteiger partial charge in [0.25, 0.3) is 0 Å². The Hall–Kier alpha value is -2.05. The summed E-state index contributed by atoms with van der Waals surface area (Å²) in [6.45, 7) is 7.10. The number of aromatic nitrogens is 2. The monoisotopic (exact) mass is 353 g/mol. The van der Waals surface area contributed by atoms with Crippen LogP contribution in [0, 0.1) is 0 Å². The van der Waals surface area contributed by atoms with Gasteiger partial charge in [0.15, 0.2) is 0 Å². The Morgan fingerprint density at radius 2 is 1.84 bits per heavy atom. The van der Waals surface area contributed by atoms with Gasteiger partial charge < -0.3 is 9.47 Å². The molecule has 1 fully saturated rings. The van der Waals surface area contributed by atoms with Gasteiger partial charge in [0, 0.05) is 24.9 Å². The maximum Gasteiger partial charge on any atom is 0.389 e. The predicted octanol–water partition coefficient (Wildman–Crippen LogP) is 4.06. The van der Waals surface area contributed by atoms with E-state index in [-0.39, 0.29) is 11.5 Å². The number of likely N-dealkylation sites (tertiary alicyclic amines) is 1. The number of amides is 1. The van der Waals surface area contributed by atoms with Gasteiger partial charge in [0.2, 0.25) is 5.91 Å². The molecule has 0 atom stereocenters. The van der Waals surface area contributed by atoms with Crippen LogP contribution in [0.25, 0.3) is 11.0 Å². The van der Waals surface area contributed by atoms with Gasteiger partial charge in [-0.1, -0.05) is 32.9 Å². The fourth-order valence-corrected chi connectivity index (χ4v) is 3.17. The fraction of sp³-hybridized carbons (Fsp3) is 0.556. The average molecular weight is 353 g/mol. The Morgan fingerprint density at radius 3 is 2.44 bits per heavy atom. The number of halogens is 3. The van der Waals surface area contributed by atoms with Crippen LogP contribution >= 0.6 is 0 Å². The van der Waals surface area contributed by atoms with Gasteiger partial charge in [0.05, 0.1) is 23.5 Å². The Morgan fingerprint density at radius 1 is 1.20 bits per heavy atom. The SMILES string of the molecule is CC(C)(C)c1nc2ccccc2n1C1CN(C(=O)CCC(F)(F)F)C1. The summed E-state index contributed by atoms with van der Waals surface area (Å²) >= 11 is 0. The van der Waals surface area contributed by atoms with E-state index in [0.717, 1.165) is 16.9 Å². The van der Waals surface area contributed by atoms with Gasteiger partial charge in [-0.25, -0.2) is 4.98 Å². The quantitative estimate of drug-likeness (QED) is 0.835. The second kappa shape index (κ2) is 6.04. The Bertz CT molecular complexity index is 783. The molecule has 1 aromatic heterocycles. The number of hydrogen-bond acceptors (Lipinski definition) is 2. The molecule has 1 saturated heterocycles. The molecule has 0 N–H and O–H groups in total. The molecule has 2 heterocycles. The lowest BCUT2D eigenvalue weighted by Crippen LogP contribution is -2.51. The van der Waals surface area contributed by atoms with Crippen molar-refractivity contribution in [2.75, 3.05) is 13.1 Å². The number of para-hydroxylation sites is 2. The maximum atomic E-state index is 12.3. The Balaban J connectivity index is 1.77. The first-order chi connectivity index (χ1) is 11.6. The van der Waals surface area contributed by atoms with Crippen molar-refractivity contribution < 1.29 is 18.0 Å². The van der Waals surface area contributed by atoms with E-state index in [1.54, 1.807) is 0 Å². The second-order valence-corrected chi connectivity index (χ2v) is 7.61. The molecule has 1 aromatic carbocycles. The van der Waals surface area contributed by atoms with E-state index in [9.17, 15) is 18.0 Å². The Labute approximate surface area is 144 Å². The first-order valence-electron chi connectivity index (χ1n) is 8.38. The van der Waals surface area contributed by atoms with Gasteiger partial charge >= 0.3 is 6.18 Å². The molecule has 3 rings (SSSR count). The highest BCUT2D eigenvalue weighted by Crippen LogP contribution is 2.34. The number of benzene rings is 1. The normalized spacial score (nSPS) is 16.3. The first-order valence-corrected chi connectivity index (χ1v) is 8.38. The van der Waals surface area contributed by atoms with Crippen LogP contribution in [-0.4, -0.2) is 39.6 Å². The lowest BCUT2D eigenvalue weighted by molar-refractivity contribution is -0.152. The van der Waals surface area contributed by atoms with E-state index in [2.05, 4.69) is 25.3 Å². The van der Waals surface area contributed by atoms with Crippen LogP contribution in [0.1, 0.15) is 45.5 Å². The average Bonchev–Trinajstić information content (AvgIpc) is 2.83. The summed E-state index contributed by atoms with van der Waals surface area (Å²) in [6.07, 6.45) is -5.83. The van der Waals surface area contributed by atoms with Crippen molar-refractivity contribution in [2.45, 2.75) is 51.2 Å². The van der Waals surface area contributed by atoms with Crippen LogP contribution < -0.4 is 0 Å². The molecule has 1 amide bonds. The molecule has 1 aliphatic heterocycles. The van der Waals surface area contributed by atoms with Crippen molar-refractivity contribution in [3.8, 4) is 0 Å². The number of hydrogen-bond donors (Lipinski definition) is 0. The predicted molar refractivity (Wildman–Crippen MR) is 89.3 cm³/mol. The molecule has 2 aromatic rings. The zero-order valence-corrected chi connectivity index (χ0v) is 14.6. The van der Waals surface area contributed by atoms with Crippen molar-refractivity contribution in [1.29, 1.82) is 0 Å². The number of alkyl halides is 3. The maximum absolute atomic E-state index is 12.3. The third kappa shape index (κ3) is 3.65. The number of fused-ring (bicyclic) bond motifs is 1. The van der Waals surface area contributed by atoms with Crippen molar-refractivity contribution >= 4 is 16.9 Å². The van der Waals surface area contributed by atoms with Gasteiger partial charge in [-0.2, -0.15) is 13.2 Å². The van der Waals surface area contributed by atoms with E-state index in [4.69, 9.17) is 4.98 Å². The van der Waals surface area contributed by atoms with E-state index in [1.807, 2.05) is 24.3 Å². The summed E-state index contributed by atoms with van der Waals surface area (Å²) in [5.41, 5.74) is 1.73. The summed E-state index contributed by atoms with van der Waals surface area (Å²) in [6, 6.07) is 7.87. The smallest absolute Gasteiger partial charge is 0.338 e. The summed E-state index contributed by atoms with van der Waals surface area (Å²) < 4.78 is 39.0. The Kier molecular flexibility index (Phi) is 4.29. The third-order valence-corrected chi connectivity index (χ3v) is 4.47. The molecule has 7 heteroatoms. The lowest BCUT2D eigenvalue weighted by atomic mass is 9.94. The van der Waals surface area contributed by atoms with Crippen LogP contribution in [0.3, 0.4) is 0 Å². The number of rotatable bonds is 3. The van der Waals surface area contributed by atoms with E-state index < -0.39 is 24.9 Å². The molecule has 136 valence electrons. The van der Waals surface area contributed by atoms with Crippen molar-refractivity contribution in [3.05, 3.63) is 30.1 Å². The highest BCUT2D eigenvalue weighted by Gasteiger charge is 2.37. The van der Waals surface area contributed by atoms with Crippen LogP contribution in [0.5, 0.6) is 0 Å². The summed E-state index contributed by atoms with van der Waals surface area (Å²) in [5, 5.41) is 0. The summed E-state index contributed by atoms with van der Waals surface area (Å²) in [7, 11) is 0. The zero-order chi connectivity index (χ0) is 18.4. The third-order valence-electron chi connectivity index (χ3n) is 4.47. The number of nitrogens with zero attached hydrogens (tertiary/aromatic N) is 3. The van der Waals surface area contributed by atoms with Gasteiger partial charge in [-0.15, -0.1) is 0 Å². The van der Waals surface area contributed by atoms with Crippen LogP contribution in [0.2, 0.25) is 0 Å². The van der Waals surface area contributed by atoms with Crippen molar-refractivity contribution in [2.24, 2.45) is 0 Å². The highest BCUT2D eigenvalue weighted by atomic mass is 19.4. The van der Waals surface area contributed by atoms with Gasteiger partial charge in [0.1, 0.15) is 5.82 Å². The minimum absolute atomic E-state index is 0.0523. The van der Waals surface area contributed by atoms with Gasteiger partial charge in [-0.3, -0.25) is 4.79 Å². The van der Waals surface area contributed by atoms with Crippen LogP contribution in [0.4, 0.5) is 13.2 Å². The zero-order valence-electron chi connectivity index (χ0n) is 14.6. The van der Waals surface area contributed by atoms with Gasteiger partial charge in [-0.05, 0) is 12.1 Å². The number of carbonyl (C=O) groups is 1. The van der Waals surface area contributed by atoms with Crippen LogP contribution in [-0.2, 0) is 10.2 Å². The molecular formula is C18H22F3N3O. The first kappa shape index (κ1) is 17.8. The standard InChI is InChI=1S/C18H22F3N3O/c1-17(2,3)16-22-13-6-4-5-7-14(13)24(16)12-10-23(11-12)15(25)8-9-18(19,20)21/h4-7,12H,8-11H2,1-3H3. The summed E-state index contributed by atoms with van der Waals surface area (Å²) in [4.78, 5) is 18.2. The fourth-order valence-electron chi connectivity index (χ4n) is 3.17. The molecule has 25 heavy (non-hydrogen) atoms. The molecule has 0 unspecified atom stereocenters. The highest BCUT2D eigenvalue weighted by molar-refractivity contribution is 5.78. The van der Waals surface area contributed by atoms with E-state index in [1.165, 1.54) is 4.90 Å². The van der Waals surface area contributed by atoms with Crippen molar-refractivity contribution in [1.82, 2.24) is 14.5 Å². The largest absolute Gasteiger partial charge is 0.389 e. The molecule has 0 bridgehead atoms. The molecule has 0 saturated carbocycles.